The Bertz CT molecular complexity index is 1190. The molecule has 1 fully saturated rings. The Balaban J connectivity index is 1.49. The average molecular weight is 405 g/mol. The number of hydrogen-bond acceptors (Lipinski definition) is 4. The van der Waals surface area contributed by atoms with Gasteiger partial charge in [0.25, 0.3) is 0 Å². The molecule has 0 saturated carbocycles. The summed E-state index contributed by atoms with van der Waals surface area (Å²) in [5.74, 6) is -1.78. The number of nitrogens with zero attached hydrogens (tertiary/aromatic N) is 4. The van der Waals surface area contributed by atoms with Gasteiger partial charge in [0.15, 0.2) is 11.6 Å². The number of likely N-dealkylation sites (N-methyl/N-ethyl adjacent to an activating group) is 1. The third-order valence-corrected chi connectivity index (χ3v) is 5.64. The van der Waals surface area contributed by atoms with Crippen LogP contribution in [0.15, 0.2) is 54.6 Å². The van der Waals surface area contributed by atoms with E-state index in [1.807, 2.05) is 12.1 Å². The molecule has 1 aliphatic rings. The maximum absolute atomic E-state index is 14.2. The summed E-state index contributed by atoms with van der Waals surface area (Å²) in [5.41, 5.74) is 4.67. The number of piperazine rings is 1. The van der Waals surface area contributed by atoms with Gasteiger partial charge in [0, 0.05) is 43.0 Å². The zero-order valence-electron chi connectivity index (χ0n) is 16.6. The quantitative estimate of drug-likeness (QED) is 0.551. The maximum atomic E-state index is 14.2. The SMILES string of the molecule is CN1CCN(c2ccc(-c3n[nH]c4ccc(-c5cccc(F)c5F)nc34)cc2)CC1. The Hall–Kier alpha value is -3.32. The molecule has 0 bridgehead atoms. The van der Waals surface area contributed by atoms with Gasteiger partial charge >= 0.3 is 0 Å². The van der Waals surface area contributed by atoms with Crippen LogP contribution in [0.2, 0.25) is 0 Å². The van der Waals surface area contributed by atoms with Crippen LogP contribution in [0, 0.1) is 11.6 Å². The standard InChI is InChI=1S/C23H21F2N5/c1-29-11-13-30(14-12-29)16-7-5-15(6-8-16)22-23-20(27-28-22)10-9-19(26-23)17-3-2-4-18(24)21(17)25/h2-10H,11-14H2,1H3,(H,27,28). The molecule has 7 heteroatoms. The topological polar surface area (TPSA) is 48.0 Å². The average Bonchev–Trinajstić information content (AvgIpc) is 3.20. The molecule has 5 nitrogen and oxygen atoms in total. The first-order valence-electron chi connectivity index (χ1n) is 9.93. The van der Waals surface area contributed by atoms with Crippen LogP contribution in [0.4, 0.5) is 14.5 Å². The lowest BCUT2D eigenvalue weighted by atomic mass is 10.1. The monoisotopic (exact) mass is 405 g/mol. The van der Waals surface area contributed by atoms with Crippen LogP contribution >= 0.6 is 0 Å². The summed E-state index contributed by atoms with van der Waals surface area (Å²) in [4.78, 5) is 9.28. The van der Waals surface area contributed by atoms with Crippen molar-refractivity contribution < 1.29 is 8.78 Å². The fraction of sp³-hybridized carbons (Fsp3) is 0.217. The predicted molar refractivity (Wildman–Crippen MR) is 114 cm³/mol. The van der Waals surface area contributed by atoms with Gasteiger partial charge < -0.3 is 9.80 Å². The maximum Gasteiger partial charge on any atom is 0.168 e. The molecule has 4 aromatic rings. The predicted octanol–water partition coefficient (Wildman–Crippen LogP) is 4.32. The molecule has 2 aromatic carbocycles. The van der Waals surface area contributed by atoms with Gasteiger partial charge in [-0.1, -0.05) is 18.2 Å². The second-order valence-corrected chi connectivity index (χ2v) is 7.60. The summed E-state index contributed by atoms with van der Waals surface area (Å²) in [6, 6.07) is 15.8. The number of hydrogen-bond donors (Lipinski definition) is 1. The molecule has 1 N–H and O–H groups in total. The Labute approximate surface area is 173 Å². The zero-order chi connectivity index (χ0) is 20.7. The molecular formula is C23H21F2N5. The molecule has 1 saturated heterocycles. The molecule has 0 radical (unpaired) electrons. The number of aromatic nitrogens is 3. The van der Waals surface area contributed by atoms with Crippen LogP contribution in [-0.4, -0.2) is 53.3 Å². The second kappa shape index (κ2) is 7.50. The van der Waals surface area contributed by atoms with E-state index >= 15 is 0 Å². The molecule has 0 amide bonds. The van der Waals surface area contributed by atoms with E-state index in [1.54, 1.807) is 12.1 Å². The first-order chi connectivity index (χ1) is 14.6. The molecule has 0 atom stereocenters. The number of fused-ring (bicyclic) bond motifs is 1. The van der Waals surface area contributed by atoms with Crippen LogP contribution in [0.3, 0.4) is 0 Å². The lowest BCUT2D eigenvalue weighted by Crippen LogP contribution is -2.44. The highest BCUT2D eigenvalue weighted by Gasteiger charge is 2.17. The van der Waals surface area contributed by atoms with Crippen molar-refractivity contribution in [2.75, 3.05) is 38.1 Å². The molecule has 152 valence electrons. The Morgan fingerprint density at radius 1 is 0.900 bits per heavy atom. The van der Waals surface area contributed by atoms with Gasteiger partial charge in [-0.05, 0) is 43.4 Å². The largest absolute Gasteiger partial charge is 0.369 e. The summed E-state index contributed by atoms with van der Waals surface area (Å²) in [6.45, 7) is 4.11. The summed E-state index contributed by atoms with van der Waals surface area (Å²) < 4.78 is 27.9. The molecule has 3 heterocycles. The number of nitrogens with one attached hydrogen (secondary N) is 1. The van der Waals surface area contributed by atoms with Crippen LogP contribution < -0.4 is 4.90 Å². The summed E-state index contributed by atoms with van der Waals surface area (Å²) >= 11 is 0. The Morgan fingerprint density at radius 2 is 1.67 bits per heavy atom. The Kier molecular flexibility index (Phi) is 4.67. The number of aromatic amines is 1. The number of anilines is 1. The number of rotatable bonds is 3. The van der Waals surface area contributed by atoms with Gasteiger partial charge in [0.2, 0.25) is 0 Å². The number of benzene rings is 2. The van der Waals surface area contributed by atoms with E-state index in [1.165, 1.54) is 17.8 Å². The number of pyridine rings is 1. The van der Waals surface area contributed by atoms with Crippen molar-refractivity contribution in [1.29, 1.82) is 0 Å². The first kappa shape index (κ1) is 18.7. The Morgan fingerprint density at radius 3 is 2.43 bits per heavy atom. The molecule has 0 unspecified atom stereocenters. The van der Waals surface area contributed by atoms with Crippen LogP contribution in [0.1, 0.15) is 0 Å². The lowest BCUT2D eigenvalue weighted by Gasteiger charge is -2.34. The first-order valence-corrected chi connectivity index (χ1v) is 9.93. The molecular weight excluding hydrogens is 384 g/mol. The van der Waals surface area contributed by atoms with Crippen LogP contribution in [0.25, 0.3) is 33.5 Å². The third kappa shape index (κ3) is 3.31. The van der Waals surface area contributed by atoms with E-state index in [-0.39, 0.29) is 5.56 Å². The lowest BCUT2D eigenvalue weighted by molar-refractivity contribution is 0.313. The van der Waals surface area contributed by atoms with E-state index < -0.39 is 11.6 Å². The van der Waals surface area contributed by atoms with Gasteiger partial charge in [-0.3, -0.25) is 5.10 Å². The van der Waals surface area contributed by atoms with Gasteiger partial charge in [0.05, 0.1) is 11.2 Å². The van der Waals surface area contributed by atoms with E-state index in [9.17, 15) is 8.78 Å². The van der Waals surface area contributed by atoms with Crippen molar-refractivity contribution in [3.63, 3.8) is 0 Å². The van der Waals surface area contributed by atoms with Crippen molar-refractivity contribution in [1.82, 2.24) is 20.1 Å². The molecule has 0 spiro atoms. The summed E-state index contributed by atoms with van der Waals surface area (Å²) in [6.07, 6.45) is 0. The van der Waals surface area contributed by atoms with Gasteiger partial charge in [-0.2, -0.15) is 5.10 Å². The van der Waals surface area contributed by atoms with Crippen molar-refractivity contribution in [2.45, 2.75) is 0 Å². The van der Waals surface area contributed by atoms with E-state index in [0.29, 0.717) is 16.9 Å². The highest BCUT2D eigenvalue weighted by Crippen LogP contribution is 2.30. The van der Waals surface area contributed by atoms with E-state index in [4.69, 9.17) is 0 Å². The molecule has 30 heavy (non-hydrogen) atoms. The minimum Gasteiger partial charge on any atom is -0.369 e. The number of halogens is 2. The van der Waals surface area contributed by atoms with E-state index in [0.717, 1.165) is 43.3 Å². The second-order valence-electron chi connectivity index (χ2n) is 7.60. The normalized spacial score (nSPS) is 15.1. The molecule has 2 aromatic heterocycles. The van der Waals surface area contributed by atoms with Gasteiger partial charge in [-0.15, -0.1) is 0 Å². The van der Waals surface area contributed by atoms with Crippen molar-refractivity contribution >= 4 is 16.7 Å². The van der Waals surface area contributed by atoms with Gasteiger partial charge in [-0.25, -0.2) is 13.8 Å². The number of H-pyrrole nitrogens is 1. The van der Waals surface area contributed by atoms with Crippen molar-refractivity contribution in [3.05, 3.63) is 66.2 Å². The fourth-order valence-electron chi connectivity index (χ4n) is 3.85. The van der Waals surface area contributed by atoms with E-state index in [2.05, 4.69) is 44.2 Å². The highest BCUT2D eigenvalue weighted by molar-refractivity contribution is 5.91. The minimum absolute atomic E-state index is 0.134. The molecule has 0 aliphatic carbocycles. The van der Waals surface area contributed by atoms with Crippen LogP contribution in [0.5, 0.6) is 0 Å². The smallest absolute Gasteiger partial charge is 0.168 e. The minimum atomic E-state index is -0.897. The van der Waals surface area contributed by atoms with Gasteiger partial charge in [0.1, 0.15) is 11.2 Å². The van der Waals surface area contributed by atoms with Crippen molar-refractivity contribution in [2.24, 2.45) is 0 Å². The molecule has 1 aliphatic heterocycles. The third-order valence-electron chi connectivity index (χ3n) is 5.64. The summed E-state index contributed by atoms with van der Waals surface area (Å²) in [5, 5.41) is 7.39. The zero-order valence-corrected chi connectivity index (χ0v) is 16.6. The highest BCUT2D eigenvalue weighted by atomic mass is 19.2. The van der Waals surface area contributed by atoms with Crippen molar-refractivity contribution in [3.8, 4) is 22.5 Å². The molecule has 5 rings (SSSR count). The fourth-order valence-corrected chi connectivity index (χ4v) is 3.85. The summed E-state index contributed by atoms with van der Waals surface area (Å²) in [7, 11) is 2.14. The van der Waals surface area contributed by atoms with Crippen LogP contribution in [-0.2, 0) is 0 Å².